The first-order chi connectivity index (χ1) is 12.2. The summed E-state index contributed by atoms with van der Waals surface area (Å²) in [5.41, 5.74) is 0.663. The Bertz CT molecular complexity index is 619. The molecule has 0 unspecified atom stereocenters. The van der Waals surface area contributed by atoms with Gasteiger partial charge in [0.15, 0.2) is 6.19 Å². The van der Waals surface area contributed by atoms with Gasteiger partial charge in [0.05, 0.1) is 6.54 Å². The molecule has 0 atom stereocenters. The molecule has 0 saturated heterocycles. The van der Waals surface area contributed by atoms with Crippen LogP contribution in [0.3, 0.4) is 0 Å². The number of anilines is 1. The fourth-order valence-electron chi connectivity index (χ4n) is 2.66. The summed E-state index contributed by atoms with van der Waals surface area (Å²) in [5.74, 6) is 0.467. The fourth-order valence-corrected chi connectivity index (χ4v) is 2.79. The minimum atomic E-state index is -0.312. The predicted octanol–water partition coefficient (Wildman–Crippen LogP) is 2.81. The normalized spacial score (nSPS) is 15.1. The Labute approximate surface area is 152 Å². The molecule has 4 N–H and O–H groups in total. The van der Waals surface area contributed by atoms with Gasteiger partial charge in [-0.05, 0) is 37.1 Å². The summed E-state index contributed by atoms with van der Waals surface area (Å²) >= 11 is 5.80. The molecule has 1 fully saturated rings. The summed E-state index contributed by atoms with van der Waals surface area (Å²) in [6, 6.07) is 6.91. The van der Waals surface area contributed by atoms with E-state index in [4.69, 9.17) is 16.9 Å². The minimum Gasteiger partial charge on any atom is -0.353 e. The van der Waals surface area contributed by atoms with Crippen molar-refractivity contribution in [1.82, 2.24) is 16.0 Å². The molecular weight excluding hydrogens is 340 g/mol. The first-order valence-corrected chi connectivity index (χ1v) is 8.81. The second-order valence-electron chi connectivity index (χ2n) is 5.83. The quantitative estimate of drug-likeness (QED) is 0.213. The summed E-state index contributed by atoms with van der Waals surface area (Å²) in [6.45, 7) is 0.736. The van der Waals surface area contributed by atoms with Crippen LogP contribution in [0.5, 0.6) is 0 Å². The fraction of sp³-hybridized carbons (Fsp3) is 0.471. The number of halogens is 1. The average molecular weight is 363 g/mol. The van der Waals surface area contributed by atoms with E-state index in [1.165, 1.54) is 19.3 Å². The molecule has 2 amide bonds. The number of guanidine groups is 1. The molecule has 1 aliphatic rings. The highest BCUT2D eigenvalue weighted by molar-refractivity contribution is 6.30. The molecule has 1 aromatic carbocycles. The van der Waals surface area contributed by atoms with Gasteiger partial charge in [0.2, 0.25) is 5.96 Å². The summed E-state index contributed by atoms with van der Waals surface area (Å²) in [7, 11) is 0. The Kier molecular flexibility index (Phi) is 7.86. The van der Waals surface area contributed by atoms with Crippen molar-refractivity contribution in [3.63, 3.8) is 0 Å². The lowest BCUT2D eigenvalue weighted by molar-refractivity contribution is 0.252. The highest BCUT2D eigenvalue weighted by Crippen LogP contribution is 2.17. The number of aliphatic imine (C=N–C) groups is 1. The molecule has 25 heavy (non-hydrogen) atoms. The number of rotatable bonds is 5. The lowest BCUT2D eigenvalue weighted by Gasteiger charge is -2.23. The van der Waals surface area contributed by atoms with Crippen LogP contribution < -0.4 is 21.3 Å². The van der Waals surface area contributed by atoms with Crippen molar-refractivity contribution < 1.29 is 4.79 Å². The van der Waals surface area contributed by atoms with Gasteiger partial charge in [0.25, 0.3) is 0 Å². The molecule has 0 radical (unpaired) electrons. The van der Waals surface area contributed by atoms with E-state index < -0.39 is 0 Å². The molecule has 1 aromatic rings. The Balaban J connectivity index is 1.72. The zero-order valence-corrected chi connectivity index (χ0v) is 14.8. The smallest absolute Gasteiger partial charge is 0.319 e. The molecule has 0 heterocycles. The van der Waals surface area contributed by atoms with Gasteiger partial charge in [0, 0.05) is 23.3 Å². The Morgan fingerprint density at radius 2 is 1.96 bits per heavy atom. The lowest BCUT2D eigenvalue weighted by atomic mass is 9.96. The van der Waals surface area contributed by atoms with E-state index >= 15 is 0 Å². The van der Waals surface area contributed by atoms with Crippen molar-refractivity contribution in [1.29, 1.82) is 5.26 Å². The van der Waals surface area contributed by atoms with Gasteiger partial charge in [-0.25, -0.2) is 4.79 Å². The zero-order valence-electron chi connectivity index (χ0n) is 14.0. The molecular formula is C17H23ClN6O. The van der Waals surface area contributed by atoms with Gasteiger partial charge in [-0.3, -0.25) is 10.3 Å². The van der Waals surface area contributed by atoms with Crippen molar-refractivity contribution in [2.45, 2.75) is 38.1 Å². The van der Waals surface area contributed by atoms with E-state index in [0.29, 0.717) is 35.8 Å². The largest absolute Gasteiger partial charge is 0.353 e. The van der Waals surface area contributed by atoms with Gasteiger partial charge in [0.1, 0.15) is 0 Å². The Hall–Kier alpha value is -2.46. The van der Waals surface area contributed by atoms with Crippen LogP contribution in [-0.2, 0) is 0 Å². The second kappa shape index (κ2) is 10.4. The molecule has 134 valence electrons. The maximum atomic E-state index is 11.8. The zero-order chi connectivity index (χ0) is 17.9. The molecule has 2 rings (SSSR count). The number of hydrogen-bond acceptors (Lipinski definition) is 3. The van der Waals surface area contributed by atoms with Gasteiger partial charge >= 0.3 is 6.03 Å². The number of benzene rings is 1. The number of nitriles is 1. The van der Waals surface area contributed by atoms with Crippen molar-refractivity contribution in [3.8, 4) is 6.19 Å². The molecule has 0 aromatic heterocycles. The third-order valence-corrected chi connectivity index (χ3v) is 4.14. The maximum Gasteiger partial charge on any atom is 0.319 e. The van der Waals surface area contributed by atoms with Crippen molar-refractivity contribution in [2.24, 2.45) is 4.99 Å². The van der Waals surface area contributed by atoms with Crippen molar-refractivity contribution in [2.75, 3.05) is 18.4 Å². The average Bonchev–Trinajstić information content (AvgIpc) is 2.62. The molecule has 7 nitrogen and oxygen atoms in total. The van der Waals surface area contributed by atoms with E-state index in [1.54, 1.807) is 24.3 Å². The number of amides is 2. The third-order valence-electron chi connectivity index (χ3n) is 3.89. The van der Waals surface area contributed by atoms with Crippen LogP contribution in [0.15, 0.2) is 29.3 Å². The van der Waals surface area contributed by atoms with Crippen LogP contribution in [0, 0.1) is 11.5 Å². The molecule has 8 heteroatoms. The monoisotopic (exact) mass is 362 g/mol. The SMILES string of the molecule is N#CNC(=NCCNC(=O)Nc1ccc(Cl)cc1)NC1CCCCC1. The molecule has 0 aliphatic heterocycles. The van der Waals surface area contributed by atoms with Crippen molar-refractivity contribution >= 4 is 29.3 Å². The first-order valence-electron chi connectivity index (χ1n) is 8.44. The van der Waals surface area contributed by atoms with Gasteiger partial charge in [-0.2, -0.15) is 5.26 Å². The third kappa shape index (κ3) is 7.31. The lowest BCUT2D eigenvalue weighted by Crippen LogP contribution is -2.43. The van der Waals surface area contributed by atoms with Crippen LogP contribution in [0.2, 0.25) is 5.02 Å². The number of nitrogens with one attached hydrogen (secondary N) is 4. The molecule has 0 spiro atoms. The van der Waals surface area contributed by atoms with E-state index in [1.807, 2.05) is 6.19 Å². The van der Waals surface area contributed by atoms with E-state index in [0.717, 1.165) is 12.8 Å². The standard InChI is InChI=1S/C17H23ClN6O/c18-13-6-8-15(9-7-13)24-17(25)21-11-10-20-16(22-12-19)23-14-4-2-1-3-5-14/h6-9,14H,1-5,10-11H2,(H2,20,22,23)(H2,21,24,25). The number of carbonyl (C=O) groups excluding carboxylic acids is 1. The number of hydrogen-bond donors (Lipinski definition) is 4. The topological polar surface area (TPSA) is 101 Å². The molecule has 0 bridgehead atoms. The molecule has 1 saturated carbocycles. The summed E-state index contributed by atoms with van der Waals surface area (Å²) in [5, 5.41) is 20.7. The Morgan fingerprint density at radius 1 is 1.24 bits per heavy atom. The van der Waals surface area contributed by atoms with Crippen molar-refractivity contribution in [3.05, 3.63) is 29.3 Å². The Morgan fingerprint density at radius 3 is 2.64 bits per heavy atom. The van der Waals surface area contributed by atoms with Crippen LogP contribution in [0.25, 0.3) is 0 Å². The predicted molar refractivity (Wildman–Crippen MR) is 99.5 cm³/mol. The van der Waals surface area contributed by atoms with E-state index in [-0.39, 0.29) is 6.03 Å². The van der Waals surface area contributed by atoms with Gasteiger partial charge in [-0.1, -0.05) is 30.9 Å². The highest BCUT2D eigenvalue weighted by atomic mass is 35.5. The highest BCUT2D eigenvalue weighted by Gasteiger charge is 2.14. The summed E-state index contributed by atoms with van der Waals surface area (Å²) in [6.07, 6.45) is 7.74. The van der Waals surface area contributed by atoms with Gasteiger partial charge in [-0.15, -0.1) is 0 Å². The maximum absolute atomic E-state index is 11.8. The van der Waals surface area contributed by atoms with Crippen LogP contribution >= 0.6 is 11.6 Å². The van der Waals surface area contributed by atoms with Crippen LogP contribution in [0.4, 0.5) is 10.5 Å². The summed E-state index contributed by atoms with van der Waals surface area (Å²) < 4.78 is 0. The number of nitrogens with zero attached hydrogens (tertiary/aromatic N) is 2. The minimum absolute atomic E-state index is 0.312. The second-order valence-corrected chi connectivity index (χ2v) is 6.27. The van der Waals surface area contributed by atoms with E-state index in [2.05, 4.69) is 26.3 Å². The van der Waals surface area contributed by atoms with Crippen LogP contribution in [-0.4, -0.2) is 31.1 Å². The number of carbonyl (C=O) groups is 1. The van der Waals surface area contributed by atoms with E-state index in [9.17, 15) is 4.79 Å². The first kappa shape index (κ1) is 18.9. The number of urea groups is 1. The summed E-state index contributed by atoms with van der Waals surface area (Å²) in [4.78, 5) is 16.1. The van der Waals surface area contributed by atoms with Crippen LogP contribution in [0.1, 0.15) is 32.1 Å². The van der Waals surface area contributed by atoms with Gasteiger partial charge < -0.3 is 16.0 Å². The molecule has 1 aliphatic carbocycles.